The lowest BCUT2D eigenvalue weighted by molar-refractivity contribution is 0.373. The number of phenolic OH excluding ortho intramolecular Hbond substituents is 1. The molecule has 0 aliphatic carbocycles. The van der Waals surface area contributed by atoms with Gasteiger partial charge in [0.2, 0.25) is 5.13 Å². The van der Waals surface area contributed by atoms with E-state index in [1.807, 2.05) is 6.92 Å². The van der Waals surface area contributed by atoms with Crippen LogP contribution in [0.1, 0.15) is 10.6 Å². The van der Waals surface area contributed by atoms with Gasteiger partial charge in [0.25, 0.3) is 0 Å². The highest BCUT2D eigenvalue weighted by Crippen LogP contribution is 2.28. The first-order chi connectivity index (χ1) is 8.20. The second-order valence-electron chi connectivity index (χ2n) is 3.26. The number of hydrogen-bond donors (Lipinski definition) is 1. The predicted octanol–water partition coefficient (Wildman–Crippen LogP) is 2.31. The average Bonchev–Trinajstić information content (AvgIpc) is 2.74. The summed E-state index contributed by atoms with van der Waals surface area (Å²) < 4.78 is 5.00. The van der Waals surface area contributed by atoms with Crippen molar-refractivity contribution in [3.8, 4) is 11.5 Å². The first-order valence-electron chi connectivity index (χ1n) is 4.91. The zero-order chi connectivity index (χ0) is 12.3. The Morgan fingerprint density at radius 2 is 2.24 bits per heavy atom. The van der Waals surface area contributed by atoms with Crippen LogP contribution >= 0.6 is 11.3 Å². The monoisotopic (exact) mass is 249 g/mol. The number of benzene rings is 1. The predicted molar refractivity (Wildman–Crippen MR) is 66.6 cm³/mol. The molecule has 0 aliphatic heterocycles. The van der Waals surface area contributed by atoms with Crippen LogP contribution in [0.15, 0.2) is 23.2 Å². The van der Waals surface area contributed by atoms with Gasteiger partial charge in [-0.1, -0.05) is 17.4 Å². The van der Waals surface area contributed by atoms with Gasteiger partial charge < -0.3 is 9.84 Å². The summed E-state index contributed by atoms with van der Waals surface area (Å²) in [5.74, 6) is 0.488. The van der Waals surface area contributed by atoms with Gasteiger partial charge in [-0.05, 0) is 19.1 Å². The van der Waals surface area contributed by atoms with E-state index in [9.17, 15) is 5.11 Å². The second-order valence-corrected chi connectivity index (χ2v) is 4.42. The highest BCUT2D eigenvalue weighted by Gasteiger charge is 2.05. The Kier molecular flexibility index (Phi) is 3.34. The Bertz CT molecular complexity index is 551. The molecule has 88 valence electrons. The first kappa shape index (κ1) is 11.5. The number of aromatic hydroxyl groups is 1. The molecule has 1 aromatic heterocycles. The molecule has 0 radical (unpaired) electrons. The number of ether oxygens (including phenoxy) is 1. The Balaban J connectivity index is 2.27. The minimum absolute atomic E-state index is 0.0694. The number of hydrogen-bond acceptors (Lipinski definition) is 6. The van der Waals surface area contributed by atoms with E-state index in [4.69, 9.17) is 4.74 Å². The molecule has 17 heavy (non-hydrogen) atoms. The summed E-state index contributed by atoms with van der Waals surface area (Å²) in [5.41, 5.74) is 0.581. The zero-order valence-electron chi connectivity index (χ0n) is 9.41. The van der Waals surface area contributed by atoms with Gasteiger partial charge >= 0.3 is 0 Å². The van der Waals surface area contributed by atoms with Gasteiger partial charge in [-0.15, -0.1) is 10.2 Å². The number of methoxy groups -OCH3 is 1. The highest BCUT2D eigenvalue weighted by molar-refractivity contribution is 7.14. The van der Waals surface area contributed by atoms with Crippen molar-refractivity contribution in [3.63, 3.8) is 0 Å². The fourth-order valence-electron chi connectivity index (χ4n) is 1.27. The van der Waals surface area contributed by atoms with Crippen molar-refractivity contribution in [2.75, 3.05) is 7.11 Å². The Morgan fingerprint density at radius 3 is 2.88 bits per heavy atom. The second kappa shape index (κ2) is 4.92. The average molecular weight is 249 g/mol. The normalized spacial score (nSPS) is 10.9. The van der Waals surface area contributed by atoms with E-state index >= 15 is 0 Å². The van der Waals surface area contributed by atoms with E-state index in [2.05, 4.69) is 15.2 Å². The van der Waals surface area contributed by atoms with Gasteiger partial charge in [-0.25, -0.2) is 4.99 Å². The summed E-state index contributed by atoms with van der Waals surface area (Å²) in [4.78, 5) is 4.14. The van der Waals surface area contributed by atoms with Crippen molar-refractivity contribution in [1.82, 2.24) is 10.2 Å². The maximum Gasteiger partial charge on any atom is 0.231 e. The summed E-state index contributed by atoms with van der Waals surface area (Å²) in [5, 5.41) is 19.0. The van der Waals surface area contributed by atoms with E-state index in [1.54, 1.807) is 18.2 Å². The Labute approximate surface area is 102 Å². The van der Waals surface area contributed by atoms with E-state index in [0.717, 1.165) is 5.01 Å². The molecule has 2 rings (SSSR count). The van der Waals surface area contributed by atoms with E-state index < -0.39 is 0 Å². The molecular weight excluding hydrogens is 238 g/mol. The largest absolute Gasteiger partial charge is 0.504 e. The van der Waals surface area contributed by atoms with Gasteiger partial charge in [0.1, 0.15) is 5.01 Å². The van der Waals surface area contributed by atoms with Crippen LogP contribution in [0.3, 0.4) is 0 Å². The molecule has 1 heterocycles. The highest BCUT2D eigenvalue weighted by atomic mass is 32.1. The number of aliphatic imine (C=N–C) groups is 1. The van der Waals surface area contributed by atoms with Crippen LogP contribution in [-0.4, -0.2) is 28.6 Å². The minimum atomic E-state index is 0.0694. The SMILES string of the molecule is COc1cccc(C=Nc2nnc(C)s2)c1O. The summed E-state index contributed by atoms with van der Waals surface area (Å²) in [6.07, 6.45) is 1.54. The zero-order valence-corrected chi connectivity index (χ0v) is 10.2. The number of aromatic nitrogens is 2. The minimum Gasteiger partial charge on any atom is -0.504 e. The van der Waals surface area contributed by atoms with E-state index in [1.165, 1.54) is 24.7 Å². The summed E-state index contributed by atoms with van der Waals surface area (Å²) in [7, 11) is 1.50. The van der Waals surface area contributed by atoms with Gasteiger partial charge in [-0.3, -0.25) is 0 Å². The number of para-hydroxylation sites is 1. The lowest BCUT2D eigenvalue weighted by Gasteiger charge is -2.04. The Morgan fingerprint density at radius 1 is 1.41 bits per heavy atom. The van der Waals surface area contributed by atoms with E-state index in [-0.39, 0.29) is 5.75 Å². The van der Waals surface area contributed by atoms with Gasteiger partial charge in [0, 0.05) is 11.8 Å². The van der Waals surface area contributed by atoms with Crippen molar-refractivity contribution in [1.29, 1.82) is 0 Å². The molecule has 1 N–H and O–H groups in total. The molecule has 6 heteroatoms. The molecule has 0 fully saturated rings. The standard InChI is InChI=1S/C11H11N3O2S/c1-7-13-14-11(17-7)12-6-8-4-3-5-9(16-2)10(8)15/h3-6,15H,1-2H3. The molecule has 0 saturated carbocycles. The fourth-order valence-corrected chi connectivity index (χ4v) is 1.80. The molecule has 0 aliphatic rings. The van der Waals surface area contributed by atoms with Gasteiger partial charge in [0.15, 0.2) is 11.5 Å². The quantitative estimate of drug-likeness (QED) is 0.847. The molecular formula is C11H11N3O2S. The maximum absolute atomic E-state index is 9.82. The molecule has 0 saturated heterocycles. The fraction of sp³-hybridized carbons (Fsp3) is 0.182. The van der Waals surface area contributed by atoms with Crippen molar-refractivity contribution in [3.05, 3.63) is 28.8 Å². The van der Waals surface area contributed by atoms with Crippen LogP contribution in [0.2, 0.25) is 0 Å². The molecule has 1 aromatic carbocycles. The number of aryl methyl sites for hydroxylation is 1. The van der Waals surface area contributed by atoms with Crippen LogP contribution in [-0.2, 0) is 0 Å². The third-order valence-electron chi connectivity index (χ3n) is 2.08. The molecule has 0 amide bonds. The maximum atomic E-state index is 9.82. The third-order valence-corrected chi connectivity index (χ3v) is 2.83. The van der Waals surface area contributed by atoms with E-state index in [0.29, 0.717) is 16.4 Å². The number of rotatable bonds is 3. The van der Waals surface area contributed by atoms with Crippen LogP contribution in [0, 0.1) is 6.92 Å². The van der Waals surface area contributed by atoms with Crippen molar-refractivity contribution >= 4 is 22.7 Å². The van der Waals surface area contributed by atoms with Crippen LogP contribution in [0.4, 0.5) is 5.13 Å². The third kappa shape index (κ3) is 2.59. The van der Waals surface area contributed by atoms with Crippen molar-refractivity contribution in [2.45, 2.75) is 6.92 Å². The van der Waals surface area contributed by atoms with Crippen LogP contribution in [0.25, 0.3) is 0 Å². The van der Waals surface area contributed by atoms with Crippen molar-refractivity contribution in [2.24, 2.45) is 4.99 Å². The lowest BCUT2D eigenvalue weighted by atomic mass is 10.2. The van der Waals surface area contributed by atoms with Crippen LogP contribution in [0.5, 0.6) is 11.5 Å². The van der Waals surface area contributed by atoms with Crippen LogP contribution < -0.4 is 4.74 Å². The van der Waals surface area contributed by atoms with Gasteiger partial charge in [-0.2, -0.15) is 0 Å². The number of phenols is 1. The smallest absolute Gasteiger partial charge is 0.231 e. The molecule has 0 spiro atoms. The Hall–Kier alpha value is -1.95. The summed E-state index contributed by atoms with van der Waals surface area (Å²) in [6, 6.07) is 5.21. The molecule has 0 unspecified atom stereocenters. The topological polar surface area (TPSA) is 67.6 Å². The summed E-state index contributed by atoms with van der Waals surface area (Å²) in [6.45, 7) is 1.86. The number of nitrogens with zero attached hydrogens (tertiary/aromatic N) is 3. The molecule has 0 atom stereocenters. The van der Waals surface area contributed by atoms with Crippen molar-refractivity contribution < 1.29 is 9.84 Å². The lowest BCUT2D eigenvalue weighted by Crippen LogP contribution is -1.88. The van der Waals surface area contributed by atoms with Gasteiger partial charge in [0.05, 0.1) is 7.11 Å². The first-order valence-corrected chi connectivity index (χ1v) is 5.72. The molecule has 2 aromatic rings. The summed E-state index contributed by atoms with van der Waals surface area (Å²) >= 11 is 1.39. The molecule has 0 bridgehead atoms. The molecule has 5 nitrogen and oxygen atoms in total.